The number of amides is 1. The van der Waals surface area contributed by atoms with Crippen LogP contribution < -0.4 is 5.32 Å². The highest BCUT2D eigenvalue weighted by molar-refractivity contribution is 7.97. The largest absolute Gasteiger partial charge is 0.388 e. The van der Waals surface area contributed by atoms with E-state index in [0.717, 1.165) is 48.3 Å². The standard InChI is InChI=1S/C18H25N3O2S/c1-24-12-16-20-14-7-3-4-8-15(14)21(16)11-17(22)19-13-18(23)9-5-2-6-10-18/h3-4,7-8,23H,2,5-6,9-13H2,1H3,(H,19,22). The molecule has 1 aliphatic rings. The number of rotatable bonds is 6. The van der Waals surface area contributed by atoms with Crippen molar-refractivity contribution >= 4 is 28.7 Å². The highest BCUT2D eigenvalue weighted by Gasteiger charge is 2.29. The first-order valence-electron chi connectivity index (χ1n) is 8.53. The van der Waals surface area contributed by atoms with Crippen molar-refractivity contribution in [2.45, 2.75) is 50.0 Å². The van der Waals surface area contributed by atoms with E-state index in [4.69, 9.17) is 0 Å². The number of aliphatic hydroxyl groups is 1. The summed E-state index contributed by atoms with van der Waals surface area (Å²) in [6, 6.07) is 7.89. The van der Waals surface area contributed by atoms with Gasteiger partial charge >= 0.3 is 0 Å². The fourth-order valence-electron chi connectivity index (χ4n) is 3.39. The molecule has 1 heterocycles. The van der Waals surface area contributed by atoms with E-state index in [1.807, 2.05) is 35.1 Å². The van der Waals surface area contributed by atoms with Crippen molar-refractivity contribution in [2.75, 3.05) is 12.8 Å². The van der Waals surface area contributed by atoms with Gasteiger partial charge in [-0.25, -0.2) is 4.98 Å². The molecule has 130 valence electrons. The first kappa shape index (κ1) is 17.3. The minimum absolute atomic E-state index is 0.0699. The smallest absolute Gasteiger partial charge is 0.240 e. The molecule has 3 rings (SSSR count). The van der Waals surface area contributed by atoms with Crippen molar-refractivity contribution in [3.8, 4) is 0 Å². The summed E-state index contributed by atoms with van der Waals surface area (Å²) in [5.74, 6) is 1.61. The van der Waals surface area contributed by atoms with E-state index in [2.05, 4.69) is 10.3 Å². The quantitative estimate of drug-likeness (QED) is 0.843. The predicted octanol–water partition coefficient (Wildman–Crippen LogP) is 2.71. The van der Waals surface area contributed by atoms with Crippen molar-refractivity contribution in [1.82, 2.24) is 14.9 Å². The molecule has 1 aromatic heterocycles. The number of hydrogen-bond donors (Lipinski definition) is 2. The lowest BCUT2D eigenvalue weighted by molar-refractivity contribution is -0.123. The number of fused-ring (bicyclic) bond motifs is 1. The third-order valence-corrected chi connectivity index (χ3v) is 5.25. The summed E-state index contributed by atoms with van der Waals surface area (Å²) < 4.78 is 1.98. The number of hydrogen-bond acceptors (Lipinski definition) is 4. The van der Waals surface area contributed by atoms with Crippen LogP contribution in [0, 0.1) is 0 Å². The van der Waals surface area contributed by atoms with Gasteiger partial charge in [0, 0.05) is 6.54 Å². The topological polar surface area (TPSA) is 67.2 Å². The molecule has 5 nitrogen and oxygen atoms in total. The molecule has 0 atom stereocenters. The molecule has 0 radical (unpaired) electrons. The highest BCUT2D eigenvalue weighted by Crippen LogP contribution is 2.27. The molecule has 6 heteroatoms. The first-order valence-corrected chi connectivity index (χ1v) is 9.93. The SMILES string of the molecule is CSCc1nc2ccccc2n1CC(=O)NCC1(O)CCCCC1. The van der Waals surface area contributed by atoms with Crippen molar-refractivity contribution in [1.29, 1.82) is 0 Å². The van der Waals surface area contributed by atoms with Gasteiger partial charge in [-0.3, -0.25) is 4.79 Å². The van der Waals surface area contributed by atoms with Crippen molar-refractivity contribution in [2.24, 2.45) is 0 Å². The molecule has 2 N–H and O–H groups in total. The Morgan fingerprint density at radius 2 is 2.08 bits per heavy atom. The number of nitrogens with zero attached hydrogens (tertiary/aromatic N) is 2. The number of para-hydroxylation sites is 2. The van der Waals surface area contributed by atoms with E-state index in [0.29, 0.717) is 6.54 Å². The zero-order chi connectivity index (χ0) is 17.0. The van der Waals surface area contributed by atoms with Crippen molar-refractivity contribution in [3.63, 3.8) is 0 Å². The van der Waals surface area contributed by atoms with Crippen LogP contribution in [0.2, 0.25) is 0 Å². The van der Waals surface area contributed by atoms with Gasteiger partial charge < -0.3 is 15.0 Å². The van der Waals surface area contributed by atoms with Gasteiger partial charge in [-0.1, -0.05) is 31.4 Å². The van der Waals surface area contributed by atoms with Gasteiger partial charge in [-0.15, -0.1) is 0 Å². The maximum absolute atomic E-state index is 12.4. The summed E-state index contributed by atoms with van der Waals surface area (Å²) in [5.41, 5.74) is 1.17. The minimum atomic E-state index is -0.729. The van der Waals surface area contributed by atoms with E-state index in [1.54, 1.807) is 11.8 Å². The number of imidazole rings is 1. The lowest BCUT2D eigenvalue weighted by Gasteiger charge is -2.32. The average Bonchev–Trinajstić information content (AvgIpc) is 2.92. The van der Waals surface area contributed by atoms with Gasteiger partial charge in [0.25, 0.3) is 0 Å². The number of carbonyl (C=O) groups excluding carboxylic acids is 1. The van der Waals surface area contributed by atoms with Crippen LogP contribution in [0.4, 0.5) is 0 Å². The maximum atomic E-state index is 12.4. The van der Waals surface area contributed by atoms with Crippen LogP contribution >= 0.6 is 11.8 Å². The molecular formula is C18H25N3O2S. The van der Waals surface area contributed by atoms with E-state index in [1.165, 1.54) is 6.42 Å². The van der Waals surface area contributed by atoms with E-state index in [9.17, 15) is 9.90 Å². The van der Waals surface area contributed by atoms with E-state index >= 15 is 0 Å². The molecule has 1 fully saturated rings. The third-order valence-electron chi connectivity index (χ3n) is 4.71. The Bertz CT molecular complexity index is 707. The van der Waals surface area contributed by atoms with Gasteiger partial charge in [0.1, 0.15) is 12.4 Å². The molecule has 0 saturated heterocycles. The number of nitrogens with one attached hydrogen (secondary N) is 1. The molecule has 0 aliphatic heterocycles. The van der Waals surface area contributed by atoms with Gasteiger partial charge in [-0.05, 0) is 31.2 Å². The molecule has 0 unspecified atom stereocenters. The number of benzene rings is 1. The average molecular weight is 347 g/mol. The van der Waals surface area contributed by atoms with Crippen LogP contribution in [0.3, 0.4) is 0 Å². The molecule has 24 heavy (non-hydrogen) atoms. The van der Waals surface area contributed by atoms with Crippen LogP contribution in [0.1, 0.15) is 37.9 Å². The monoisotopic (exact) mass is 347 g/mol. The van der Waals surface area contributed by atoms with Crippen LogP contribution in [0.25, 0.3) is 11.0 Å². The Balaban J connectivity index is 1.69. The van der Waals surface area contributed by atoms with Crippen LogP contribution in [0.15, 0.2) is 24.3 Å². The Morgan fingerprint density at radius 1 is 1.33 bits per heavy atom. The first-order chi connectivity index (χ1) is 11.6. The Morgan fingerprint density at radius 3 is 2.83 bits per heavy atom. The van der Waals surface area contributed by atoms with Crippen LogP contribution in [-0.4, -0.2) is 39.0 Å². The molecule has 1 amide bonds. The Hall–Kier alpha value is -1.53. The van der Waals surface area contributed by atoms with Crippen LogP contribution in [-0.2, 0) is 17.1 Å². The van der Waals surface area contributed by atoms with E-state index in [-0.39, 0.29) is 12.5 Å². The lowest BCUT2D eigenvalue weighted by atomic mass is 9.85. The summed E-state index contributed by atoms with van der Waals surface area (Å²) in [4.78, 5) is 17.0. The zero-order valence-electron chi connectivity index (χ0n) is 14.1. The number of aromatic nitrogens is 2. The third kappa shape index (κ3) is 3.92. The van der Waals surface area contributed by atoms with E-state index < -0.39 is 5.60 Å². The maximum Gasteiger partial charge on any atom is 0.240 e. The Kier molecular flexibility index (Phi) is 5.46. The van der Waals surface area contributed by atoms with Gasteiger partial charge in [0.05, 0.1) is 22.4 Å². The number of carbonyl (C=O) groups is 1. The summed E-state index contributed by atoms with van der Waals surface area (Å²) in [7, 11) is 0. The second-order valence-electron chi connectivity index (χ2n) is 6.60. The molecular weight excluding hydrogens is 322 g/mol. The van der Waals surface area contributed by atoms with Crippen molar-refractivity contribution in [3.05, 3.63) is 30.1 Å². The molecule has 2 aromatic rings. The summed E-state index contributed by atoms with van der Waals surface area (Å²) >= 11 is 1.69. The van der Waals surface area contributed by atoms with Gasteiger partial charge in [-0.2, -0.15) is 11.8 Å². The molecule has 1 saturated carbocycles. The summed E-state index contributed by atoms with van der Waals surface area (Å²) in [5, 5.41) is 13.4. The fourth-order valence-corrected chi connectivity index (χ4v) is 3.87. The highest BCUT2D eigenvalue weighted by atomic mass is 32.2. The molecule has 1 aliphatic carbocycles. The summed E-state index contributed by atoms with van der Waals surface area (Å²) in [6.45, 7) is 0.586. The Labute approximate surface area is 146 Å². The summed E-state index contributed by atoms with van der Waals surface area (Å²) in [6.07, 6.45) is 6.84. The fraction of sp³-hybridized carbons (Fsp3) is 0.556. The second-order valence-corrected chi connectivity index (χ2v) is 7.46. The molecule has 1 aromatic carbocycles. The van der Waals surface area contributed by atoms with Gasteiger partial charge in [0.15, 0.2) is 0 Å². The van der Waals surface area contributed by atoms with Crippen LogP contribution in [0.5, 0.6) is 0 Å². The molecule has 0 spiro atoms. The normalized spacial score (nSPS) is 17.1. The number of thioether (sulfide) groups is 1. The second kappa shape index (κ2) is 7.57. The molecule has 0 bridgehead atoms. The lowest BCUT2D eigenvalue weighted by Crippen LogP contribution is -2.45. The van der Waals surface area contributed by atoms with Gasteiger partial charge in [0.2, 0.25) is 5.91 Å². The van der Waals surface area contributed by atoms with Crippen molar-refractivity contribution < 1.29 is 9.90 Å². The predicted molar refractivity (Wildman–Crippen MR) is 98.0 cm³/mol. The zero-order valence-corrected chi connectivity index (χ0v) is 14.9. The minimum Gasteiger partial charge on any atom is -0.388 e.